The van der Waals surface area contributed by atoms with Gasteiger partial charge in [-0.2, -0.15) is 0 Å². The lowest BCUT2D eigenvalue weighted by Crippen LogP contribution is -2.22. The van der Waals surface area contributed by atoms with Gasteiger partial charge in [0.05, 0.1) is 11.4 Å². The Labute approximate surface area is 138 Å². The Kier molecular flexibility index (Phi) is 6.33. The van der Waals surface area contributed by atoms with Crippen molar-refractivity contribution in [2.45, 2.75) is 19.9 Å². The van der Waals surface area contributed by atoms with E-state index in [1.165, 1.54) is 18.3 Å². The minimum atomic E-state index is -0.100. The van der Waals surface area contributed by atoms with Gasteiger partial charge in [-0.25, -0.2) is 4.98 Å². The van der Waals surface area contributed by atoms with E-state index in [-0.39, 0.29) is 12.5 Å². The van der Waals surface area contributed by atoms with Crippen molar-refractivity contribution in [3.63, 3.8) is 0 Å². The predicted octanol–water partition coefficient (Wildman–Crippen LogP) is 2.95. The van der Waals surface area contributed by atoms with Crippen LogP contribution in [0.1, 0.15) is 19.0 Å². The number of carbonyl (C=O) groups is 1. The number of benzene rings is 1. The van der Waals surface area contributed by atoms with Crippen LogP contribution >= 0.6 is 22.9 Å². The molecule has 1 aromatic heterocycles. The molecule has 0 aliphatic heterocycles. The molecule has 0 saturated carbocycles. The third kappa shape index (κ3) is 4.51. The highest BCUT2D eigenvalue weighted by Gasteiger charge is 2.17. The van der Waals surface area contributed by atoms with Crippen LogP contribution in [0.25, 0.3) is 0 Å². The van der Waals surface area contributed by atoms with Crippen LogP contribution in [0.2, 0.25) is 5.02 Å². The zero-order valence-corrected chi connectivity index (χ0v) is 13.8. The van der Waals surface area contributed by atoms with E-state index >= 15 is 0 Å². The van der Waals surface area contributed by atoms with E-state index in [1.54, 1.807) is 29.2 Å². The summed E-state index contributed by atoms with van der Waals surface area (Å²) < 4.78 is 0. The number of hydrogen-bond acceptors (Lipinski definition) is 5. The quantitative estimate of drug-likeness (QED) is 0.761. The minimum absolute atomic E-state index is 0.100. The summed E-state index contributed by atoms with van der Waals surface area (Å²) in [6, 6.07) is 7.09. The van der Waals surface area contributed by atoms with Crippen molar-refractivity contribution in [3.8, 4) is 0 Å². The number of carbonyl (C=O) groups excluding carboxylic acids is 1. The number of rotatable bonds is 7. The first-order chi connectivity index (χ1) is 10.6. The van der Waals surface area contributed by atoms with Crippen LogP contribution in [0.15, 0.2) is 29.6 Å². The van der Waals surface area contributed by atoms with Crippen molar-refractivity contribution in [2.75, 3.05) is 18.1 Å². The van der Waals surface area contributed by atoms with Crippen molar-refractivity contribution >= 4 is 39.7 Å². The Bertz CT molecular complexity index is 616. The molecule has 0 aliphatic carbocycles. The molecule has 0 unspecified atom stereocenters. The van der Waals surface area contributed by atoms with Crippen LogP contribution in [-0.4, -0.2) is 29.1 Å². The Morgan fingerprint density at radius 3 is 2.77 bits per heavy atom. The molecule has 0 atom stereocenters. The second-order valence-corrected chi connectivity index (χ2v) is 5.98. The number of aliphatic hydroxyl groups is 1. The van der Waals surface area contributed by atoms with E-state index in [9.17, 15) is 4.79 Å². The van der Waals surface area contributed by atoms with E-state index in [2.05, 4.69) is 10.3 Å². The molecule has 118 valence electrons. The number of aromatic nitrogens is 1. The van der Waals surface area contributed by atoms with E-state index in [1.807, 2.05) is 5.38 Å². The lowest BCUT2D eigenvalue weighted by atomic mass is 10.3. The number of nitrogens with one attached hydrogen (secondary N) is 1. The molecule has 2 rings (SSSR count). The lowest BCUT2D eigenvalue weighted by molar-refractivity contribution is -0.115. The highest BCUT2D eigenvalue weighted by atomic mass is 35.5. The molecular weight excluding hydrogens is 322 g/mol. The molecule has 0 radical (unpaired) electrons. The van der Waals surface area contributed by atoms with Gasteiger partial charge in [-0.05, 0) is 37.2 Å². The maximum absolute atomic E-state index is 12.0. The van der Waals surface area contributed by atoms with Gasteiger partial charge in [-0.1, -0.05) is 11.6 Å². The Hall–Kier alpha value is -1.47. The average molecular weight is 340 g/mol. The number of amides is 1. The Morgan fingerprint density at radius 2 is 2.14 bits per heavy atom. The second-order valence-electron chi connectivity index (χ2n) is 4.71. The number of anilines is 2. The average Bonchev–Trinajstić information content (AvgIpc) is 2.94. The fourth-order valence-corrected chi connectivity index (χ4v) is 2.93. The topological polar surface area (TPSA) is 65.5 Å². The molecule has 22 heavy (non-hydrogen) atoms. The second kappa shape index (κ2) is 8.24. The van der Waals surface area contributed by atoms with Crippen LogP contribution < -0.4 is 10.2 Å². The zero-order chi connectivity index (χ0) is 15.9. The molecule has 5 nitrogen and oxygen atoms in total. The zero-order valence-electron chi connectivity index (χ0n) is 12.3. The van der Waals surface area contributed by atoms with Gasteiger partial charge in [0, 0.05) is 30.5 Å². The van der Waals surface area contributed by atoms with Crippen molar-refractivity contribution < 1.29 is 9.90 Å². The van der Waals surface area contributed by atoms with Crippen molar-refractivity contribution in [2.24, 2.45) is 0 Å². The molecule has 0 saturated heterocycles. The monoisotopic (exact) mass is 339 g/mol. The van der Waals surface area contributed by atoms with Crippen LogP contribution in [0.4, 0.5) is 10.8 Å². The molecule has 7 heteroatoms. The third-order valence-corrected chi connectivity index (χ3v) is 4.07. The first kappa shape index (κ1) is 16.9. The summed E-state index contributed by atoms with van der Waals surface area (Å²) in [5, 5.41) is 15.1. The third-order valence-electron chi connectivity index (χ3n) is 2.95. The number of hydrogen-bond donors (Lipinski definition) is 2. The highest BCUT2D eigenvalue weighted by molar-refractivity contribution is 7.14. The summed E-state index contributed by atoms with van der Waals surface area (Å²) >= 11 is 7.31. The van der Waals surface area contributed by atoms with Gasteiger partial charge in [-0.15, -0.1) is 11.3 Å². The lowest BCUT2D eigenvalue weighted by Gasteiger charge is -2.17. The van der Waals surface area contributed by atoms with Gasteiger partial charge in [0.2, 0.25) is 5.91 Å². The smallest absolute Gasteiger partial charge is 0.230 e. The number of aliphatic hydroxyl groups excluding tert-OH is 1. The number of thiazole rings is 1. The van der Waals surface area contributed by atoms with Crippen LogP contribution in [0.3, 0.4) is 0 Å². The summed E-state index contributed by atoms with van der Waals surface area (Å²) in [6.45, 7) is 3.03. The highest BCUT2D eigenvalue weighted by Crippen LogP contribution is 2.29. The van der Waals surface area contributed by atoms with Gasteiger partial charge in [0.15, 0.2) is 5.13 Å². The van der Waals surface area contributed by atoms with Crippen molar-refractivity contribution in [1.29, 1.82) is 0 Å². The fraction of sp³-hybridized carbons (Fsp3) is 0.333. The van der Waals surface area contributed by atoms with Crippen molar-refractivity contribution in [1.82, 2.24) is 10.3 Å². The molecule has 2 aromatic rings. The maximum atomic E-state index is 12.0. The summed E-state index contributed by atoms with van der Waals surface area (Å²) in [5.41, 5.74) is 1.61. The van der Waals surface area contributed by atoms with Crippen LogP contribution in [0.5, 0.6) is 0 Å². The Balaban J connectivity index is 2.11. The predicted molar refractivity (Wildman–Crippen MR) is 89.8 cm³/mol. The maximum Gasteiger partial charge on any atom is 0.230 e. The standard InChI is InChI=1S/C15H18ClN3O2S/c1-11(21)19(14-5-3-12(16)4-6-14)15-18-13(10-22-15)9-17-7-2-8-20/h3-6,10,17,20H,2,7-9H2,1H3. The summed E-state index contributed by atoms with van der Waals surface area (Å²) in [4.78, 5) is 18.0. The molecular formula is C15H18ClN3O2S. The molecule has 0 bridgehead atoms. The minimum Gasteiger partial charge on any atom is -0.396 e. The molecule has 0 fully saturated rings. The van der Waals surface area contributed by atoms with E-state index in [4.69, 9.17) is 16.7 Å². The normalized spacial score (nSPS) is 10.7. The fourth-order valence-electron chi connectivity index (χ4n) is 1.92. The summed E-state index contributed by atoms with van der Waals surface area (Å²) in [7, 11) is 0. The number of halogens is 1. The van der Waals surface area contributed by atoms with Gasteiger partial charge in [0.25, 0.3) is 0 Å². The van der Waals surface area contributed by atoms with Gasteiger partial charge >= 0.3 is 0 Å². The SMILES string of the molecule is CC(=O)N(c1ccc(Cl)cc1)c1nc(CNCCCO)cs1. The van der Waals surface area contributed by atoms with Crippen LogP contribution in [-0.2, 0) is 11.3 Å². The van der Waals surface area contributed by atoms with Crippen molar-refractivity contribution in [3.05, 3.63) is 40.4 Å². The first-order valence-corrected chi connectivity index (χ1v) is 8.20. The van der Waals surface area contributed by atoms with Gasteiger partial charge in [0.1, 0.15) is 0 Å². The molecule has 0 spiro atoms. The molecule has 1 amide bonds. The molecule has 1 aromatic carbocycles. The van der Waals surface area contributed by atoms with Gasteiger partial charge in [-0.3, -0.25) is 9.69 Å². The van der Waals surface area contributed by atoms with E-state index < -0.39 is 0 Å². The summed E-state index contributed by atoms with van der Waals surface area (Å²) in [6.07, 6.45) is 0.710. The largest absolute Gasteiger partial charge is 0.396 e. The van der Waals surface area contributed by atoms with E-state index in [0.717, 1.165) is 17.9 Å². The summed E-state index contributed by atoms with van der Waals surface area (Å²) in [5.74, 6) is -0.100. The van der Waals surface area contributed by atoms with Gasteiger partial charge < -0.3 is 10.4 Å². The Morgan fingerprint density at radius 1 is 1.41 bits per heavy atom. The molecule has 2 N–H and O–H groups in total. The first-order valence-electron chi connectivity index (χ1n) is 6.94. The number of nitrogens with zero attached hydrogens (tertiary/aromatic N) is 2. The molecule has 1 heterocycles. The van der Waals surface area contributed by atoms with E-state index in [0.29, 0.717) is 23.1 Å². The van der Waals surface area contributed by atoms with Crippen LogP contribution in [0, 0.1) is 0 Å². The molecule has 0 aliphatic rings.